The Balaban J connectivity index is 1.48. The third-order valence-corrected chi connectivity index (χ3v) is 5.57. The van der Waals surface area contributed by atoms with E-state index in [0.29, 0.717) is 11.4 Å². The van der Waals surface area contributed by atoms with Crippen LogP contribution < -0.4 is 5.32 Å². The van der Waals surface area contributed by atoms with Crippen LogP contribution in [0.15, 0.2) is 6.20 Å². The second kappa shape index (κ2) is 7.79. The molecular weight excluding hydrogens is 316 g/mol. The van der Waals surface area contributed by atoms with E-state index in [4.69, 9.17) is 0 Å². The van der Waals surface area contributed by atoms with Gasteiger partial charge in [-0.2, -0.15) is 0 Å². The number of carbonyl (C=O) groups is 1. The lowest BCUT2D eigenvalue weighted by atomic mass is 9.84. The standard InChI is InChI=1S/C19H30N4O2/c1-14-17(12-20-15(2)21-14)18(24)22-16-6-10-23(11-7-16)13-19(25)8-4-3-5-9-19/h12,16,25H,3-11,13H2,1-2H3,(H,22,24). The number of aryl methyl sites for hydroxylation is 2. The summed E-state index contributed by atoms with van der Waals surface area (Å²) in [6.07, 6.45) is 8.84. The number of β-amino-alcohol motifs (C(OH)–C–C–N with tert-alkyl or cyclic N) is 1. The van der Waals surface area contributed by atoms with E-state index in [9.17, 15) is 9.90 Å². The van der Waals surface area contributed by atoms with Gasteiger partial charge in [0.15, 0.2) is 0 Å². The fourth-order valence-electron chi connectivity index (χ4n) is 4.09. The van der Waals surface area contributed by atoms with Crippen LogP contribution in [0.2, 0.25) is 0 Å². The van der Waals surface area contributed by atoms with E-state index in [0.717, 1.165) is 63.9 Å². The van der Waals surface area contributed by atoms with Crippen LogP contribution in [-0.2, 0) is 0 Å². The molecule has 2 N–H and O–H groups in total. The highest BCUT2D eigenvalue weighted by atomic mass is 16.3. The molecule has 1 aromatic rings. The van der Waals surface area contributed by atoms with Gasteiger partial charge in [0.25, 0.3) is 5.91 Å². The number of hydrogen-bond donors (Lipinski definition) is 2. The Bertz CT molecular complexity index is 605. The Labute approximate surface area is 150 Å². The average Bonchev–Trinajstić information content (AvgIpc) is 2.57. The van der Waals surface area contributed by atoms with Gasteiger partial charge in [-0.1, -0.05) is 19.3 Å². The minimum Gasteiger partial charge on any atom is -0.389 e. The Morgan fingerprint density at radius 3 is 2.60 bits per heavy atom. The third kappa shape index (κ3) is 4.76. The molecule has 6 nitrogen and oxygen atoms in total. The molecule has 2 aliphatic rings. The molecule has 6 heteroatoms. The molecule has 1 aliphatic heterocycles. The minimum absolute atomic E-state index is 0.0816. The molecule has 0 aromatic carbocycles. The molecule has 0 bridgehead atoms. The first-order valence-electron chi connectivity index (χ1n) is 9.51. The normalized spacial score (nSPS) is 21.9. The van der Waals surface area contributed by atoms with Crippen LogP contribution in [0.1, 0.15) is 66.8 Å². The third-order valence-electron chi connectivity index (χ3n) is 5.57. The van der Waals surface area contributed by atoms with Crippen LogP contribution in [0.5, 0.6) is 0 Å². The topological polar surface area (TPSA) is 78.4 Å². The molecule has 0 radical (unpaired) electrons. The van der Waals surface area contributed by atoms with Crippen molar-refractivity contribution in [3.8, 4) is 0 Å². The van der Waals surface area contributed by atoms with Gasteiger partial charge in [0, 0.05) is 31.9 Å². The number of likely N-dealkylation sites (tertiary alicyclic amines) is 1. The lowest BCUT2D eigenvalue weighted by Gasteiger charge is -2.40. The first-order chi connectivity index (χ1) is 12.0. The zero-order valence-corrected chi connectivity index (χ0v) is 15.4. The number of aliphatic hydroxyl groups is 1. The highest BCUT2D eigenvalue weighted by Crippen LogP contribution is 2.29. The van der Waals surface area contributed by atoms with E-state index in [1.807, 2.05) is 13.8 Å². The highest BCUT2D eigenvalue weighted by Gasteiger charge is 2.33. The van der Waals surface area contributed by atoms with E-state index >= 15 is 0 Å². The molecular formula is C19H30N4O2. The maximum atomic E-state index is 12.4. The van der Waals surface area contributed by atoms with E-state index < -0.39 is 5.60 Å². The number of nitrogens with zero attached hydrogens (tertiary/aromatic N) is 3. The monoisotopic (exact) mass is 346 g/mol. The van der Waals surface area contributed by atoms with Gasteiger partial charge in [-0.25, -0.2) is 9.97 Å². The Hall–Kier alpha value is -1.53. The highest BCUT2D eigenvalue weighted by molar-refractivity contribution is 5.95. The van der Waals surface area contributed by atoms with Crippen LogP contribution in [-0.4, -0.2) is 57.2 Å². The van der Waals surface area contributed by atoms with Gasteiger partial charge in [-0.3, -0.25) is 4.79 Å². The van der Waals surface area contributed by atoms with Gasteiger partial charge in [-0.05, 0) is 39.5 Å². The van der Waals surface area contributed by atoms with Crippen molar-refractivity contribution in [3.05, 3.63) is 23.3 Å². The van der Waals surface area contributed by atoms with Crippen molar-refractivity contribution < 1.29 is 9.90 Å². The quantitative estimate of drug-likeness (QED) is 0.872. The second-order valence-corrected chi connectivity index (χ2v) is 7.73. The maximum Gasteiger partial charge on any atom is 0.254 e. The van der Waals surface area contributed by atoms with Crippen molar-refractivity contribution in [1.29, 1.82) is 0 Å². The summed E-state index contributed by atoms with van der Waals surface area (Å²) >= 11 is 0. The zero-order chi connectivity index (χ0) is 17.9. The number of piperidine rings is 1. The first-order valence-corrected chi connectivity index (χ1v) is 9.51. The smallest absolute Gasteiger partial charge is 0.254 e. The van der Waals surface area contributed by atoms with Gasteiger partial charge in [0.2, 0.25) is 0 Å². The number of nitrogens with one attached hydrogen (secondary N) is 1. The summed E-state index contributed by atoms with van der Waals surface area (Å²) in [6.45, 7) is 6.30. The van der Waals surface area contributed by atoms with Crippen molar-refractivity contribution in [1.82, 2.24) is 20.2 Å². The van der Waals surface area contributed by atoms with Crippen LogP contribution in [0.25, 0.3) is 0 Å². The molecule has 1 aromatic heterocycles. The van der Waals surface area contributed by atoms with Crippen LogP contribution in [0, 0.1) is 13.8 Å². The van der Waals surface area contributed by atoms with Crippen LogP contribution in [0.4, 0.5) is 0 Å². The van der Waals surface area contributed by atoms with Crippen LogP contribution in [0.3, 0.4) is 0 Å². The Morgan fingerprint density at radius 2 is 1.96 bits per heavy atom. The molecule has 25 heavy (non-hydrogen) atoms. The predicted octanol–water partition coefficient (Wildman–Crippen LogP) is 1.98. The number of aromatic nitrogens is 2. The van der Waals surface area contributed by atoms with Crippen molar-refractivity contribution in [2.45, 2.75) is 70.4 Å². The molecule has 1 saturated heterocycles. The lowest BCUT2D eigenvalue weighted by Crippen LogP contribution is -2.50. The SMILES string of the molecule is Cc1ncc(C(=O)NC2CCN(CC3(O)CCCCC3)CC2)c(C)n1. The lowest BCUT2D eigenvalue weighted by molar-refractivity contribution is -0.0312. The summed E-state index contributed by atoms with van der Waals surface area (Å²) < 4.78 is 0. The second-order valence-electron chi connectivity index (χ2n) is 7.73. The van der Waals surface area contributed by atoms with Crippen molar-refractivity contribution in [3.63, 3.8) is 0 Å². The summed E-state index contributed by atoms with van der Waals surface area (Å²) in [4.78, 5) is 23.2. The molecule has 2 fully saturated rings. The number of amides is 1. The molecule has 0 spiro atoms. The molecule has 0 unspecified atom stereocenters. The van der Waals surface area contributed by atoms with Crippen molar-refractivity contribution >= 4 is 5.91 Å². The molecule has 1 amide bonds. The van der Waals surface area contributed by atoms with E-state index in [1.165, 1.54) is 6.42 Å². The minimum atomic E-state index is -0.495. The van der Waals surface area contributed by atoms with Gasteiger partial charge in [0.1, 0.15) is 5.82 Å². The Kier molecular flexibility index (Phi) is 5.69. The van der Waals surface area contributed by atoms with E-state index in [2.05, 4.69) is 20.2 Å². The molecule has 138 valence electrons. The summed E-state index contributed by atoms with van der Waals surface area (Å²) in [5.74, 6) is 0.602. The maximum absolute atomic E-state index is 12.4. The fourth-order valence-corrected chi connectivity index (χ4v) is 4.09. The van der Waals surface area contributed by atoms with Gasteiger partial charge in [0.05, 0.1) is 16.9 Å². The molecule has 0 atom stereocenters. The summed E-state index contributed by atoms with van der Waals surface area (Å²) in [5.41, 5.74) is 0.788. The van der Waals surface area contributed by atoms with Crippen molar-refractivity contribution in [2.24, 2.45) is 0 Å². The molecule has 2 heterocycles. The molecule has 1 saturated carbocycles. The number of carbonyl (C=O) groups excluding carboxylic acids is 1. The summed E-state index contributed by atoms with van der Waals surface area (Å²) in [5, 5.41) is 13.8. The van der Waals surface area contributed by atoms with Gasteiger partial charge < -0.3 is 15.3 Å². The van der Waals surface area contributed by atoms with E-state index in [1.54, 1.807) is 6.20 Å². The zero-order valence-electron chi connectivity index (χ0n) is 15.4. The fraction of sp³-hybridized carbons (Fsp3) is 0.737. The summed E-state index contributed by atoms with van der Waals surface area (Å²) in [7, 11) is 0. The van der Waals surface area contributed by atoms with Gasteiger partial charge in [-0.15, -0.1) is 0 Å². The number of hydrogen-bond acceptors (Lipinski definition) is 5. The molecule has 1 aliphatic carbocycles. The first kappa shape index (κ1) is 18.3. The largest absolute Gasteiger partial charge is 0.389 e. The van der Waals surface area contributed by atoms with E-state index in [-0.39, 0.29) is 11.9 Å². The van der Waals surface area contributed by atoms with Crippen LogP contribution >= 0.6 is 0 Å². The molecule has 3 rings (SSSR count). The average molecular weight is 346 g/mol. The number of rotatable bonds is 4. The van der Waals surface area contributed by atoms with Gasteiger partial charge >= 0.3 is 0 Å². The Morgan fingerprint density at radius 1 is 1.28 bits per heavy atom. The van der Waals surface area contributed by atoms with Crippen molar-refractivity contribution in [2.75, 3.05) is 19.6 Å². The predicted molar refractivity (Wildman–Crippen MR) is 96.5 cm³/mol. The summed E-state index contributed by atoms with van der Waals surface area (Å²) in [6, 6.07) is 0.186.